The summed E-state index contributed by atoms with van der Waals surface area (Å²) in [6.07, 6.45) is 5.90. The molecule has 0 saturated carbocycles. The van der Waals surface area contributed by atoms with Crippen molar-refractivity contribution < 1.29 is 17.2 Å². The summed E-state index contributed by atoms with van der Waals surface area (Å²) in [6, 6.07) is 5.93. The van der Waals surface area contributed by atoms with Crippen molar-refractivity contribution in [2.45, 2.75) is 17.1 Å². The van der Waals surface area contributed by atoms with Crippen LogP contribution in [-0.4, -0.2) is 51.8 Å². The van der Waals surface area contributed by atoms with Crippen LogP contribution in [0.1, 0.15) is 6.42 Å². The fourth-order valence-corrected chi connectivity index (χ4v) is 3.44. The van der Waals surface area contributed by atoms with E-state index in [1.807, 2.05) is 4.90 Å². The van der Waals surface area contributed by atoms with E-state index >= 15 is 0 Å². The second-order valence-electron chi connectivity index (χ2n) is 5.06. The van der Waals surface area contributed by atoms with Crippen LogP contribution in [0.2, 0.25) is 0 Å². The maximum Gasteiger partial charge on any atom is 0.341 e. The number of hydrogen-bond acceptors (Lipinski definition) is 4. The lowest BCUT2D eigenvalue weighted by atomic mass is 10.2. The van der Waals surface area contributed by atoms with Crippen LogP contribution < -0.4 is 4.90 Å². The van der Waals surface area contributed by atoms with Gasteiger partial charge in [-0.05, 0) is 12.1 Å². The topological polar surface area (TPSA) is 40.6 Å². The summed E-state index contributed by atoms with van der Waals surface area (Å²) in [7, 11) is -4.60. The smallest absolute Gasteiger partial charge is 0.341 e. The molecule has 0 spiro atoms. The molecule has 1 heterocycles. The third-order valence-corrected chi connectivity index (χ3v) is 5.12. The third kappa shape index (κ3) is 3.57. The van der Waals surface area contributed by atoms with Gasteiger partial charge in [-0.25, -0.2) is 8.42 Å². The summed E-state index contributed by atoms with van der Waals surface area (Å²) in [5.74, 6) is -0.830. The summed E-state index contributed by atoms with van der Waals surface area (Å²) < 4.78 is 49.2. The van der Waals surface area contributed by atoms with E-state index in [-0.39, 0.29) is 4.90 Å². The van der Waals surface area contributed by atoms with Gasteiger partial charge >= 0.3 is 5.76 Å². The Balaban J connectivity index is 2.17. The molecule has 1 saturated heterocycles. The van der Waals surface area contributed by atoms with Crippen molar-refractivity contribution in [2.75, 3.05) is 37.6 Å². The molecule has 4 nitrogen and oxygen atoms in total. The van der Waals surface area contributed by atoms with Crippen molar-refractivity contribution in [2.24, 2.45) is 0 Å². The van der Waals surface area contributed by atoms with E-state index in [0.717, 1.165) is 19.6 Å². The first-order valence-electron chi connectivity index (χ1n) is 6.98. The first kappa shape index (κ1) is 16.7. The number of alkyl halides is 2. The molecule has 1 aromatic rings. The van der Waals surface area contributed by atoms with Gasteiger partial charge in [-0.2, -0.15) is 8.78 Å². The first-order valence-corrected chi connectivity index (χ1v) is 8.53. The molecule has 22 heavy (non-hydrogen) atoms. The molecule has 0 atom stereocenters. The normalized spacial score (nSPS) is 16.7. The molecular formula is C15H18F2N2O2S. The van der Waals surface area contributed by atoms with Gasteiger partial charge in [-0.1, -0.05) is 12.1 Å². The van der Waals surface area contributed by atoms with Gasteiger partial charge in [-0.15, -0.1) is 12.3 Å². The zero-order valence-corrected chi connectivity index (χ0v) is 12.9. The van der Waals surface area contributed by atoms with Crippen molar-refractivity contribution >= 4 is 15.5 Å². The summed E-state index contributed by atoms with van der Waals surface area (Å²) >= 11 is 0. The lowest BCUT2D eigenvalue weighted by Crippen LogP contribution is -2.47. The van der Waals surface area contributed by atoms with E-state index in [1.165, 1.54) is 12.1 Å². The fraction of sp³-hybridized carbons (Fsp3) is 0.467. The minimum absolute atomic E-state index is 0.304. The van der Waals surface area contributed by atoms with Gasteiger partial charge in [0.1, 0.15) is 0 Å². The van der Waals surface area contributed by atoms with Gasteiger partial charge in [0.15, 0.2) is 0 Å². The molecular weight excluding hydrogens is 310 g/mol. The largest absolute Gasteiger partial charge is 0.368 e. The molecule has 0 amide bonds. The van der Waals surface area contributed by atoms with E-state index in [9.17, 15) is 17.2 Å². The van der Waals surface area contributed by atoms with Crippen LogP contribution in [-0.2, 0) is 9.84 Å². The lowest BCUT2D eigenvalue weighted by Gasteiger charge is -2.36. The van der Waals surface area contributed by atoms with Gasteiger partial charge < -0.3 is 4.90 Å². The Morgan fingerprint density at radius 1 is 1.18 bits per heavy atom. The number of piperazine rings is 1. The Kier molecular flexibility index (Phi) is 5.37. The maximum absolute atomic E-state index is 12.8. The Morgan fingerprint density at radius 3 is 2.41 bits per heavy atom. The standard InChI is InChI=1S/C15H18F2N2O2S/c1-2-3-8-18-9-11-19(12-10-18)13-6-4-5-7-14(13)22(20,21)15(16)17/h1,4-7,15H,3,8-12H2. The number of halogens is 2. The number of sulfone groups is 1. The minimum Gasteiger partial charge on any atom is -0.368 e. The predicted molar refractivity (Wildman–Crippen MR) is 81.7 cm³/mol. The molecule has 0 unspecified atom stereocenters. The van der Waals surface area contributed by atoms with Crippen molar-refractivity contribution in [3.8, 4) is 12.3 Å². The summed E-state index contributed by atoms with van der Waals surface area (Å²) in [6.45, 7) is 3.41. The lowest BCUT2D eigenvalue weighted by molar-refractivity contribution is 0.234. The highest BCUT2D eigenvalue weighted by atomic mass is 32.2. The van der Waals surface area contributed by atoms with Gasteiger partial charge in [0, 0.05) is 39.1 Å². The molecule has 120 valence electrons. The van der Waals surface area contributed by atoms with Gasteiger partial charge in [-0.3, -0.25) is 4.90 Å². The summed E-state index contributed by atoms with van der Waals surface area (Å²) in [5.41, 5.74) is 0.347. The predicted octanol–water partition coefficient (Wildman–Crippen LogP) is 1.83. The van der Waals surface area contributed by atoms with Gasteiger partial charge in [0.2, 0.25) is 9.84 Å². The molecule has 1 aliphatic heterocycles. The number of para-hydroxylation sites is 1. The van der Waals surface area contributed by atoms with Crippen LogP contribution in [0.25, 0.3) is 0 Å². The SMILES string of the molecule is C#CCCN1CCN(c2ccccc2S(=O)(=O)C(F)F)CC1. The second kappa shape index (κ2) is 7.07. The molecule has 1 fully saturated rings. The zero-order chi connectivity index (χ0) is 16.2. The molecule has 0 aliphatic carbocycles. The van der Waals surface area contributed by atoms with Gasteiger partial charge in [0.05, 0.1) is 10.6 Å². The maximum atomic E-state index is 12.8. The Hall–Kier alpha value is -1.65. The average Bonchev–Trinajstić information content (AvgIpc) is 2.53. The number of terminal acetylenes is 1. The number of benzene rings is 1. The van der Waals surface area contributed by atoms with Crippen LogP contribution in [0.3, 0.4) is 0 Å². The number of hydrogen-bond donors (Lipinski definition) is 0. The van der Waals surface area contributed by atoms with Crippen molar-refractivity contribution in [1.82, 2.24) is 4.90 Å². The Bertz CT molecular complexity index is 648. The quantitative estimate of drug-likeness (QED) is 0.773. The summed E-state index contributed by atoms with van der Waals surface area (Å²) in [4.78, 5) is 3.71. The molecule has 7 heteroatoms. The van der Waals surface area contributed by atoms with Crippen molar-refractivity contribution in [3.05, 3.63) is 24.3 Å². The number of nitrogens with zero attached hydrogens (tertiary/aromatic N) is 2. The number of rotatable bonds is 5. The molecule has 0 radical (unpaired) electrons. The third-order valence-electron chi connectivity index (χ3n) is 3.69. The minimum atomic E-state index is -4.60. The van der Waals surface area contributed by atoms with E-state index in [1.54, 1.807) is 12.1 Å². The van der Waals surface area contributed by atoms with E-state index in [2.05, 4.69) is 10.8 Å². The van der Waals surface area contributed by atoms with Crippen LogP contribution >= 0.6 is 0 Å². The van der Waals surface area contributed by atoms with Crippen LogP contribution in [0.15, 0.2) is 29.2 Å². The molecule has 1 aliphatic rings. The zero-order valence-electron chi connectivity index (χ0n) is 12.1. The highest BCUT2D eigenvalue weighted by molar-refractivity contribution is 7.91. The summed E-state index contributed by atoms with van der Waals surface area (Å²) in [5, 5.41) is 0. The molecule has 1 aromatic carbocycles. The molecule has 0 bridgehead atoms. The van der Waals surface area contributed by atoms with Crippen LogP contribution in [0.5, 0.6) is 0 Å². The molecule has 0 aromatic heterocycles. The molecule has 0 N–H and O–H groups in total. The van der Waals surface area contributed by atoms with E-state index in [0.29, 0.717) is 25.2 Å². The van der Waals surface area contributed by atoms with Crippen molar-refractivity contribution in [1.29, 1.82) is 0 Å². The Labute approximate surface area is 129 Å². The van der Waals surface area contributed by atoms with Crippen molar-refractivity contribution in [3.63, 3.8) is 0 Å². The molecule has 2 rings (SSSR count). The Morgan fingerprint density at radius 2 is 1.82 bits per heavy atom. The highest BCUT2D eigenvalue weighted by Gasteiger charge is 2.31. The highest BCUT2D eigenvalue weighted by Crippen LogP contribution is 2.29. The fourth-order valence-electron chi connectivity index (χ4n) is 2.49. The number of anilines is 1. The van der Waals surface area contributed by atoms with Crippen LogP contribution in [0.4, 0.5) is 14.5 Å². The average molecular weight is 328 g/mol. The van der Waals surface area contributed by atoms with Crippen LogP contribution in [0, 0.1) is 12.3 Å². The van der Waals surface area contributed by atoms with E-state index < -0.39 is 15.6 Å². The monoisotopic (exact) mass is 328 g/mol. The van der Waals surface area contributed by atoms with E-state index in [4.69, 9.17) is 6.42 Å². The van der Waals surface area contributed by atoms with Gasteiger partial charge in [0.25, 0.3) is 0 Å². The first-order chi connectivity index (χ1) is 10.5. The second-order valence-corrected chi connectivity index (χ2v) is 6.94.